The summed E-state index contributed by atoms with van der Waals surface area (Å²) >= 11 is 0. The van der Waals surface area contributed by atoms with E-state index in [1.165, 1.54) is 0 Å². The standard InChI is InChI=1S/C11H22O2/c1-7-11(6,9(2)12)13-8-10(3,4)5/h7-8H2,1-6H3. The first-order valence-corrected chi connectivity index (χ1v) is 4.86. The molecule has 0 radical (unpaired) electrons. The van der Waals surface area contributed by atoms with Crippen molar-refractivity contribution in [3.8, 4) is 0 Å². The van der Waals surface area contributed by atoms with Gasteiger partial charge in [-0.25, -0.2) is 0 Å². The molecule has 0 heterocycles. The first-order valence-electron chi connectivity index (χ1n) is 4.86. The van der Waals surface area contributed by atoms with Crippen LogP contribution in [0.5, 0.6) is 0 Å². The van der Waals surface area contributed by atoms with Crippen molar-refractivity contribution in [2.24, 2.45) is 5.41 Å². The van der Waals surface area contributed by atoms with Crippen molar-refractivity contribution >= 4 is 5.78 Å². The Bertz CT molecular complexity index is 179. The maximum absolute atomic E-state index is 11.3. The van der Waals surface area contributed by atoms with E-state index in [2.05, 4.69) is 20.8 Å². The normalized spacial score (nSPS) is 16.8. The minimum Gasteiger partial charge on any atom is -0.367 e. The highest BCUT2D eigenvalue weighted by atomic mass is 16.5. The number of ketones is 1. The number of hydrogen-bond acceptors (Lipinski definition) is 2. The molecule has 0 saturated carbocycles. The van der Waals surface area contributed by atoms with Gasteiger partial charge in [-0.05, 0) is 25.7 Å². The zero-order chi connectivity index (χ0) is 10.7. The Morgan fingerprint density at radius 2 is 1.69 bits per heavy atom. The van der Waals surface area contributed by atoms with Crippen LogP contribution in [0, 0.1) is 5.41 Å². The van der Waals surface area contributed by atoms with Gasteiger partial charge < -0.3 is 4.74 Å². The zero-order valence-electron chi connectivity index (χ0n) is 9.73. The molecule has 0 saturated heterocycles. The average Bonchev–Trinajstić information content (AvgIpc) is 1.98. The Kier molecular flexibility index (Phi) is 4.11. The van der Waals surface area contributed by atoms with E-state index >= 15 is 0 Å². The third kappa shape index (κ3) is 4.41. The fourth-order valence-corrected chi connectivity index (χ4v) is 0.828. The second kappa shape index (κ2) is 4.23. The molecule has 0 aromatic heterocycles. The van der Waals surface area contributed by atoms with Crippen molar-refractivity contribution in [3.63, 3.8) is 0 Å². The molecule has 0 amide bonds. The Hall–Kier alpha value is -0.370. The number of ether oxygens (including phenoxy) is 1. The van der Waals surface area contributed by atoms with Gasteiger partial charge in [0.1, 0.15) is 5.60 Å². The van der Waals surface area contributed by atoms with Crippen molar-refractivity contribution in [1.82, 2.24) is 0 Å². The van der Waals surface area contributed by atoms with Gasteiger partial charge in [-0.3, -0.25) is 4.79 Å². The van der Waals surface area contributed by atoms with E-state index in [0.717, 1.165) is 6.42 Å². The minimum absolute atomic E-state index is 0.110. The highest BCUT2D eigenvalue weighted by Crippen LogP contribution is 2.22. The molecular formula is C11H22O2. The Balaban J connectivity index is 4.22. The van der Waals surface area contributed by atoms with E-state index in [9.17, 15) is 4.79 Å². The van der Waals surface area contributed by atoms with Gasteiger partial charge in [-0.1, -0.05) is 27.7 Å². The zero-order valence-corrected chi connectivity index (χ0v) is 9.73. The van der Waals surface area contributed by atoms with Gasteiger partial charge in [-0.2, -0.15) is 0 Å². The van der Waals surface area contributed by atoms with E-state index in [-0.39, 0.29) is 11.2 Å². The molecule has 0 spiro atoms. The van der Waals surface area contributed by atoms with Gasteiger partial charge in [0.25, 0.3) is 0 Å². The van der Waals surface area contributed by atoms with Gasteiger partial charge in [-0.15, -0.1) is 0 Å². The van der Waals surface area contributed by atoms with Crippen LogP contribution in [0.1, 0.15) is 48.0 Å². The molecule has 13 heavy (non-hydrogen) atoms. The van der Waals surface area contributed by atoms with Gasteiger partial charge in [0, 0.05) is 0 Å². The molecule has 0 N–H and O–H groups in total. The lowest BCUT2D eigenvalue weighted by Crippen LogP contribution is -2.38. The van der Waals surface area contributed by atoms with E-state index < -0.39 is 5.60 Å². The van der Waals surface area contributed by atoms with Crippen LogP contribution >= 0.6 is 0 Å². The lowest BCUT2D eigenvalue weighted by atomic mass is 9.95. The van der Waals surface area contributed by atoms with Crippen molar-refractivity contribution < 1.29 is 9.53 Å². The predicted octanol–water partition coefficient (Wildman–Crippen LogP) is 2.81. The Morgan fingerprint density at radius 3 is 1.92 bits per heavy atom. The molecule has 0 aromatic rings. The highest BCUT2D eigenvalue weighted by Gasteiger charge is 2.30. The van der Waals surface area contributed by atoms with Gasteiger partial charge in [0.05, 0.1) is 6.61 Å². The topological polar surface area (TPSA) is 26.3 Å². The number of carbonyl (C=O) groups excluding carboxylic acids is 1. The number of carbonyl (C=O) groups is 1. The van der Waals surface area contributed by atoms with E-state index in [1.807, 2.05) is 13.8 Å². The van der Waals surface area contributed by atoms with Crippen molar-refractivity contribution in [2.45, 2.75) is 53.6 Å². The molecule has 0 aliphatic rings. The van der Waals surface area contributed by atoms with Crippen LogP contribution < -0.4 is 0 Å². The SMILES string of the molecule is CCC(C)(OCC(C)(C)C)C(C)=O. The van der Waals surface area contributed by atoms with Crippen LogP contribution in [-0.4, -0.2) is 18.0 Å². The summed E-state index contributed by atoms with van der Waals surface area (Å²) < 4.78 is 5.66. The van der Waals surface area contributed by atoms with Gasteiger partial charge in [0.2, 0.25) is 0 Å². The third-order valence-corrected chi connectivity index (χ3v) is 2.24. The van der Waals surface area contributed by atoms with Crippen LogP contribution in [0.15, 0.2) is 0 Å². The molecule has 0 fully saturated rings. The summed E-state index contributed by atoms with van der Waals surface area (Å²) in [6.45, 7) is 12.4. The summed E-state index contributed by atoms with van der Waals surface area (Å²) in [4.78, 5) is 11.3. The van der Waals surface area contributed by atoms with Gasteiger partial charge in [0.15, 0.2) is 5.78 Å². The Labute approximate surface area is 81.7 Å². The summed E-state index contributed by atoms with van der Waals surface area (Å²) in [7, 11) is 0. The third-order valence-electron chi connectivity index (χ3n) is 2.24. The minimum atomic E-state index is -0.590. The smallest absolute Gasteiger partial charge is 0.161 e. The monoisotopic (exact) mass is 186 g/mol. The molecule has 0 aromatic carbocycles. The van der Waals surface area contributed by atoms with Crippen molar-refractivity contribution in [2.75, 3.05) is 6.61 Å². The van der Waals surface area contributed by atoms with Crippen LogP contribution in [0.4, 0.5) is 0 Å². The Morgan fingerprint density at radius 1 is 1.23 bits per heavy atom. The lowest BCUT2D eigenvalue weighted by molar-refractivity contribution is -0.144. The number of Topliss-reactive ketones (excluding diaryl/α,β-unsaturated/α-hetero) is 1. The first kappa shape index (κ1) is 12.6. The second-order valence-electron chi connectivity index (χ2n) is 4.99. The van der Waals surface area contributed by atoms with Crippen molar-refractivity contribution in [3.05, 3.63) is 0 Å². The molecule has 0 aliphatic heterocycles. The van der Waals surface area contributed by atoms with E-state index in [4.69, 9.17) is 4.74 Å². The number of rotatable bonds is 4. The predicted molar refractivity (Wildman–Crippen MR) is 54.8 cm³/mol. The summed E-state index contributed by atoms with van der Waals surface area (Å²) in [5.41, 5.74) is -0.473. The molecular weight excluding hydrogens is 164 g/mol. The molecule has 2 nitrogen and oxygen atoms in total. The average molecular weight is 186 g/mol. The first-order chi connectivity index (χ1) is 5.71. The maximum atomic E-state index is 11.3. The fraction of sp³-hybridized carbons (Fsp3) is 0.909. The summed E-state index contributed by atoms with van der Waals surface area (Å²) in [5.74, 6) is 0.110. The van der Waals surface area contributed by atoms with Crippen LogP contribution in [0.25, 0.3) is 0 Å². The van der Waals surface area contributed by atoms with Crippen molar-refractivity contribution in [1.29, 1.82) is 0 Å². The summed E-state index contributed by atoms with van der Waals surface area (Å²) in [5, 5.41) is 0. The molecule has 1 unspecified atom stereocenters. The van der Waals surface area contributed by atoms with Crippen LogP contribution in [0.2, 0.25) is 0 Å². The number of hydrogen-bond donors (Lipinski definition) is 0. The second-order valence-corrected chi connectivity index (χ2v) is 4.99. The molecule has 0 aliphatic carbocycles. The highest BCUT2D eigenvalue weighted by molar-refractivity contribution is 5.84. The molecule has 78 valence electrons. The van der Waals surface area contributed by atoms with E-state index in [1.54, 1.807) is 6.92 Å². The summed E-state index contributed by atoms with van der Waals surface area (Å²) in [6.07, 6.45) is 0.735. The fourth-order valence-electron chi connectivity index (χ4n) is 0.828. The summed E-state index contributed by atoms with van der Waals surface area (Å²) in [6, 6.07) is 0. The quantitative estimate of drug-likeness (QED) is 0.675. The molecule has 2 heteroatoms. The molecule has 0 bridgehead atoms. The molecule has 0 rings (SSSR count). The van der Waals surface area contributed by atoms with Crippen LogP contribution in [-0.2, 0) is 9.53 Å². The van der Waals surface area contributed by atoms with Gasteiger partial charge >= 0.3 is 0 Å². The maximum Gasteiger partial charge on any atom is 0.161 e. The van der Waals surface area contributed by atoms with E-state index in [0.29, 0.717) is 6.61 Å². The van der Waals surface area contributed by atoms with Crippen LogP contribution in [0.3, 0.4) is 0 Å². The largest absolute Gasteiger partial charge is 0.367 e. The lowest BCUT2D eigenvalue weighted by Gasteiger charge is -2.30. The molecule has 1 atom stereocenters.